The third-order valence-corrected chi connectivity index (χ3v) is 3.72. The molecule has 0 unspecified atom stereocenters. The van der Waals surface area contributed by atoms with E-state index >= 15 is 0 Å². The van der Waals surface area contributed by atoms with Gasteiger partial charge in [-0.1, -0.05) is 12.1 Å². The molecule has 0 amide bonds. The molecule has 0 spiro atoms. The molecule has 0 saturated carbocycles. The van der Waals surface area contributed by atoms with Crippen LogP contribution < -0.4 is 5.32 Å². The second-order valence-electron chi connectivity index (χ2n) is 3.16. The minimum Gasteiger partial charge on any atom is -0.380 e. The van der Waals surface area contributed by atoms with Crippen molar-refractivity contribution in [2.24, 2.45) is 0 Å². The number of rotatable bonds is 4. The number of hydrogen-bond acceptors (Lipinski definition) is 3. The van der Waals surface area contributed by atoms with Crippen molar-refractivity contribution in [1.82, 2.24) is 0 Å². The minimum atomic E-state index is 0.912. The Kier molecular flexibility index (Phi) is 3.69. The smallest absolute Gasteiger partial charge is 0.0494 e. The molecule has 1 nitrogen and oxygen atoms in total. The molecule has 3 heteroatoms. The number of benzene rings is 1. The number of thioether (sulfide) groups is 1. The molecule has 0 saturated heterocycles. The highest BCUT2D eigenvalue weighted by Gasteiger charge is 1.95. The molecule has 1 aromatic carbocycles. The van der Waals surface area contributed by atoms with Gasteiger partial charge in [-0.15, -0.1) is 23.1 Å². The highest BCUT2D eigenvalue weighted by Crippen LogP contribution is 2.20. The van der Waals surface area contributed by atoms with Crippen molar-refractivity contribution in [2.45, 2.75) is 11.4 Å². The molecule has 1 heterocycles. The maximum absolute atomic E-state index is 3.42. The second-order valence-corrected chi connectivity index (χ2v) is 5.08. The van der Waals surface area contributed by atoms with Gasteiger partial charge in [-0.05, 0) is 35.9 Å². The average molecular weight is 235 g/mol. The van der Waals surface area contributed by atoms with E-state index < -0.39 is 0 Å². The van der Waals surface area contributed by atoms with Gasteiger partial charge in [0.25, 0.3) is 0 Å². The Morgan fingerprint density at radius 2 is 2.20 bits per heavy atom. The van der Waals surface area contributed by atoms with Crippen LogP contribution in [0.5, 0.6) is 0 Å². The Morgan fingerprint density at radius 3 is 2.93 bits per heavy atom. The zero-order valence-corrected chi connectivity index (χ0v) is 10.2. The van der Waals surface area contributed by atoms with E-state index in [0.29, 0.717) is 0 Å². The summed E-state index contributed by atoms with van der Waals surface area (Å²) in [5.41, 5.74) is 1.19. The van der Waals surface area contributed by atoms with Gasteiger partial charge in [0, 0.05) is 22.0 Å². The Labute approximate surface area is 98.5 Å². The van der Waals surface area contributed by atoms with Crippen LogP contribution in [0.2, 0.25) is 0 Å². The van der Waals surface area contributed by atoms with Gasteiger partial charge in [-0.3, -0.25) is 0 Å². The maximum atomic E-state index is 3.42. The number of anilines is 1. The van der Waals surface area contributed by atoms with Crippen LogP contribution in [0, 0.1) is 0 Å². The summed E-state index contributed by atoms with van der Waals surface area (Å²) in [5.74, 6) is 0. The third kappa shape index (κ3) is 3.01. The fourth-order valence-corrected chi connectivity index (χ4v) is 2.44. The van der Waals surface area contributed by atoms with Gasteiger partial charge in [0.2, 0.25) is 0 Å². The predicted molar refractivity (Wildman–Crippen MR) is 69.9 cm³/mol. The normalized spacial score (nSPS) is 10.2. The van der Waals surface area contributed by atoms with Crippen LogP contribution in [0.3, 0.4) is 0 Å². The van der Waals surface area contributed by atoms with Gasteiger partial charge >= 0.3 is 0 Å². The summed E-state index contributed by atoms with van der Waals surface area (Å²) in [4.78, 5) is 2.66. The van der Waals surface area contributed by atoms with Gasteiger partial charge < -0.3 is 5.32 Å². The van der Waals surface area contributed by atoms with Gasteiger partial charge in [-0.2, -0.15) is 0 Å². The molecule has 2 rings (SSSR count). The number of thiophene rings is 1. The standard InChI is InChI=1S/C12H13NS2/c1-14-11-5-2-4-10(8-11)13-9-12-6-3-7-15-12/h2-8,13H,9H2,1H3. The van der Waals surface area contributed by atoms with Crippen LogP contribution in [0.25, 0.3) is 0 Å². The van der Waals surface area contributed by atoms with Crippen LogP contribution in [-0.4, -0.2) is 6.26 Å². The summed E-state index contributed by atoms with van der Waals surface area (Å²) in [6.07, 6.45) is 2.10. The molecular formula is C12H13NS2. The topological polar surface area (TPSA) is 12.0 Å². The molecular weight excluding hydrogens is 222 g/mol. The summed E-state index contributed by atoms with van der Waals surface area (Å²) in [6, 6.07) is 12.7. The molecule has 1 N–H and O–H groups in total. The van der Waals surface area contributed by atoms with Crippen molar-refractivity contribution in [3.63, 3.8) is 0 Å². The van der Waals surface area contributed by atoms with Crippen molar-refractivity contribution in [3.05, 3.63) is 46.7 Å². The van der Waals surface area contributed by atoms with Crippen molar-refractivity contribution in [1.29, 1.82) is 0 Å². The quantitative estimate of drug-likeness (QED) is 0.801. The largest absolute Gasteiger partial charge is 0.380 e. The molecule has 1 aromatic heterocycles. The third-order valence-electron chi connectivity index (χ3n) is 2.12. The van der Waals surface area contributed by atoms with Crippen LogP contribution in [0.15, 0.2) is 46.7 Å². The average Bonchev–Trinajstić information content (AvgIpc) is 2.79. The second kappa shape index (κ2) is 5.24. The lowest BCUT2D eigenvalue weighted by Crippen LogP contribution is -1.96. The fourth-order valence-electron chi connectivity index (χ4n) is 1.34. The zero-order valence-electron chi connectivity index (χ0n) is 8.57. The lowest BCUT2D eigenvalue weighted by atomic mass is 10.3. The van der Waals surface area contributed by atoms with Gasteiger partial charge in [-0.25, -0.2) is 0 Å². The Morgan fingerprint density at radius 1 is 1.27 bits per heavy atom. The Hall–Kier alpha value is -0.930. The first-order chi connectivity index (χ1) is 7.38. The molecule has 2 aromatic rings. The van der Waals surface area contributed by atoms with Gasteiger partial charge in [0.05, 0.1) is 0 Å². The van der Waals surface area contributed by atoms with Crippen LogP contribution >= 0.6 is 23.1 Å². The molecule has 0 aliphatic rings. The summed E-state index contributed by atoms with van der Waals surface area (Å²) in [7, 11) is 0. The molecule has 0 atom stereocenters. The lowest BCUT2D eigenvalue weighted by Gasteiger charge is -2.05. The van der Waals surface area contributed by atoms with Crippen molar-refractivity contribution in [3.8, 4) is 0 Å². The molecule has 0 bridgehead atoms. The van der Waals surface area contributed by atoms with E-state index in [9.17, 15) is 0 Å². The van der Waals surface area contributed by atoms with E-state index in [2.05, 4.69) is 53.4 Å². The highest BCUT2D eigenvalue weighted by atomic mass is 32.2. The summed E-state index contributed by atoms with van der Waals surface area (Å²) >= 11 is 3.55. The number of hydrogen-bond donors (Lipinski definition) is 1. The van der Waals surface area contributed by atoms with Crippen LogP contribution in [0.4, 0.5) is 5.69 Å². The van der Waals surface area contributed by atoms with Gasteiger partial charge in [0.1, 0.15) is 0 Å². The molecule has 0 aliphatic carbocycles. The van der Waals surface area contributed by atoms with E-state index in [0.717, 1.165) is 6.54 Å². The van der Waals surface area contributed by atoms with E-state index in [1.807, 2.05) is 0 Å². The maximum Gasteiger partial charge on any atom is 0.0494 e. The minimum absolute atomic E-state index is 0.912. The van der Waals surface area contributed by atoms with E-state index in [-0.39, 0.29) is 0 Å². The van der Waals surface area contributed by atoms with E-state index in [1.165, 1.54) is 15.5 Å². The van der Waals surface area contributed by atoms with Gasteiger partial charge in [0.15, 0.2) is 0 Å². The predicted octanol–water partition coefficient (Wildman–Crippen LogP) is 4.08. The monoisotopic (exact) mass is 235 g/mol. The van der Waals surface area contributed by atoms with E-state index in [1.54, 1.807) is 23.1 Å². The summed E-state index contributed by atoms with van der Waals surface area (Å²) in [5, 5.41) is 5.53. The Balaban J connectivity index is 1.98. The molecule has 78 valence electrons. The summed E-state index contributed by atoms with van der Waals surface area (Å²) in [6.45, 7) is 0.912. The van der Waals surface area contributed by atoms with Crippen LogP contribution in [0.1, 0.15) is 4.88 Å². The molecule has 0 radical (unpaired) electrons. The first-order valence-electron chi connectivity index (χ1n) is 4.79. The van der Waals surface area contributed by atoms with Crippen molar-refractivity contribution in [2.75, 3.05) is 11.6 Å². The first-order valence-corrected chi connectivity index (χ1v) is 6.89. The lowest BCUT2D eigenvalue weighted by molar-refractivity contribution is 1.19. The zero-order chi connectivity index (χ0) is 10.5. The highest BCUT2D eigenvalue weighted by molar-refractivity contribution is 7.98. The van der Waals surface area contributed by atoms with Crippen LogP contribution in [-0.2, 0) is 6.54 Å². The molecule has 15 heavy (non-hydrogen) atoms. The molecule has 0 aliphatic heterocycles. The SMILES string of the molecule is CSc1cccc(NCc2cccs2)c1. The fraction of sp³-hybridized carbons (Fsp3) is 0.167. The molecule has 0 fully saturated rings. The van der Waals surface area contributed by atoms with E-state index in [4.69, 9.17) is 0 Å². The Bertz CT molecular complexity index is 409. The van der Waals surface area contributed by atoms with Crippen molar-refractivity contribution >= 4 is 28.8 Å². The first kappa shape index (κ1) is 10.6. The van der Waals surface area contributed by atoms with Crippen molar-refractivity contribution < 1.29 is 0 Å². The number of nitrogens with one attached hydrogen (secondary N) is 1. The summed E-state index contributed by atoms with van der Waals surface area (Å²) < 4.78 is 0.